The summed E-state index contributed by atoms with van der Waals surface area (Å²) in [6.45, 7) is 1.54. The summed E-state index contributed by atoms with van der Waals surface area (Å²) in [4.78, 5) is 0. The molecule has 2 aromatic rings. The van der Waals surface area contributed by atoms with Gasteiger partial charge in [-0.1, -0.05) is 42.3 Å². The van der Waals surface area contributed by atoms with Gasteiger partial charge in [-0.25, -0.2) is 0 Å². The van der Waals surface area contributed by atoms with E-state index in [0.29, 0.717) is 18.1 Å². The molecule has 1 saturated heterocycles. The molecular weight excluding hydrogens is 316 g/mol. The van der Waals surface area contributed by atoms with Crippen LogP contribution in [0.15, 0.2) is 48.5 Å². The van der Waals surface area contributed by atoms with Gasteiger partial charge in [-0.15, -0.1) is 6.42 Å². The van der Waals surface area contributed by atoms with Crippen molar-refractivity contribution < 1.29 is 18.9 Å². The Morgan fingerprint density at radius 1 is 1.20 bits per heavy atom. The first-order valence-electron chi connectivity index (χ1n) is 8.31. The highest BCUT2D eigenvalue weighted by Gasteiger charge is 2.28. The van der Waals surface area contributed by atoms with Crippen LogP contribution >= 0.6 is 0 Å². The molecule has 1 fully saturated rings. The Kier molecular flexibility index (Phi) is 5.95. The highest BCUT2D eigenvalue weighted by molar-refractivity contribution is 5.44. The van der Waals surface area contributed by atoms with Gasteiger partial charge in [-0.05, 0) is 23.3 Å². The summed E-state index contributed by atoms with van der Waals surface area (Å²) in [5.74, 6) is 3.90. The Labute approximate surface area is 148 Å². The summed E-state index contributed by atoms with van der Waals surface area (Å²) in [5, 5.41) is 0. The lowest BCUT2D eigenvalue weighted by atomic mass is 10.0. The van der Waals surface area contributed by atoms with Crippen molar-refractivity contribution in [2.24, 2.45) is 0 Å². The molecule has 2 aromatic carbocycles. The minimum atomic E-state index is -0.111. The van der Waals surface area contributed by atoms with E-state index in [0.717, 1.165) is 24.2 Å². The van der Waals surface area contributed by atoms with Crippen LogP contribution in [0, 0.1) is 12.3 Å². The summed E-state index contributed by atoms with van der Waals surface area (Å²) in [6.07, 6.45) is 6.25. The van der Waals surface area contributed by atoms with Crippen molar-refractivity contribution in [1.82, 2.24) is 0 Å². The normalized spacial score (nSPS) is 16.7. The second kappa shape index (κ2) is 8.57. The predicted octanol–water partition coefficient (Wildman–Crippen LogP) is 3.75. The van der Waals surface area contributed by atoms with E-state index in [4.69, 9.17) is 25.4 Å². The third kappa shape index (κ3) is 4.99. The van der Waals surface area contributed by atoms with Gasteiger partial charge in [0.25, 0.3) is 0 Å². The van der Waals surface area contributed by atoms with Crippen molar-refractivity contribution in [3.8, 4) is 23.8 Å². The maximum absolute atomic E-state index is 5.90. The largest absolute Gasteiger partial charge is 0.493 e. The summed E-state index contributed by atoms with van der Waals surface area (Å²) in [6, 6.07) is 15.9. The molecule has 2 unspecified atom stereocenters. The third-order valence-electron chi connectivity index (χ3n) is 4.04. The molecule has 0 aromatic heterocycles. The van der Waals surface area contributed by atoms with Crippen molar-refractivity contribution >= 4 is 0 Å². The minimum absolute atomic E-state index is 0.111. The minimum Gasteiger partial charge on any atom is -0.493 e. The first-order valence-corrected chi connectivity index (χ1v) is 8.31. The summed E-state index contributed by atoms with van der Waals surface area (Å²) in [7, 11) is 1.63. The van der Waals surface area contributed by atoms with Gasteiger partial charge >= 0.3 is 0 Å². The second-order valence-electron chi connectivity index (χ2n) is 5.88. The fourth-order valence-electron chi connectivity index (χ4n) is 2.63. The van der Waals surface area contributed by atoms with E-state index in [9.17, 15) is 0 Å². The zero-order chi connectivity index (χ0) is 17.5. The number of epoxide rings is 1. The Morgan fingerprint density at radius 3 is 2.68 bits per heavy atom. The van der Waals surface area contributed by atoms with Crippen LogP contribution < -0.4 is 9.47 Å². The van der Waals surface area contributed by atoms with Gasteiger partial charge in [-0.3, -0.25) is 0 Å². The molecular formula is C21H22O4. The van der Waals surface area contributed by atoms with E-state index in [-0.39, 0.29) is 18.8 Å². The first-order chi connectivity index (χ1) is 12.3. The molecule has 0 bridgehead atoms. The van der Waals surface area contributed by atoms with Gasteiger partial charge in [0.15, 0.2) is 11.5 Å². The maximum Gasteiger partial charge on any atom is 0.161 e. The zero-order valence-corrected chi connectivity index (χ0v) is 14.3. The topological polar surface area (TPSA) is 40.2 Å². The second-order valence-corrected chi connectivity index (χ2v) is 5.88. The molecule has 2 atom stereocenters. The van der Waals surface area contributed by atoms with E-state index in [1.807, 2.05) is 48.5 Å². The van der Waals surface area contributed by atoms with Gasteiger partial charge in [0, 0.05) is 6.42 Å². The molecule has 0 amide bonds. The van der Waals surface area contributed by atoms with E-state index in [1.54, 1.807) is 7.11 Å². The maximum atomic E-state index is 5.90. The molecule has 1 aliphatic rings. The van der Waals surface area contributed by atoms with Gasteiger partial charge in [0.1, 0.15) is 13.2 Å². The lowest BCUT2D eigenvalue weighted by Crippen LogP contribution is -2.08. The van der Waals surface area contributed by atoms with Crippen LogP contribution in [-0.2, 0) is 16.1 Å². The molecule has 0 saturated carbocycles. The number of methoxy groups -OCH3 is 1. The van der Waals surface area contributed by atoms with E-state index < -0.39 is 0 Å². The molecule has 0 spiro atoms. The number of hydrogen-bond donors (Lipinski definition) is 0. The summed E-state index contributed by atoms with van der Waals surface area (Å²) >= 11 is 0. The number of ether oxygens (including phenoxy) is 4. The lowest BCUT2D eigenvalue weighted by molar-refractivity contribution is 0.0645. The monoisotopic (exact) mass is 338 g/mol. The molecule has 0 aliphatic carbocycles. The highest BCUT2D eigenvalue weighted by Crippen LogP contribution is 2.35. The van der Waals surface area contributed by atoms with Crippen molar-refractivity contribution in [3.05, 3.63) is 59.7 Å². The van der Waals surface area contributed by atoms with Gasteiger partial charge in [0.2, 0.25) is 0 Å². The molecule has 4 heteroatoms. The van der Waals surface area contributed by atoms with Gasteiger partial charge in [-0.2, -0.15) is 0 Å². The molecule has 1 heterocycles. The Balaban J connectivity index is 1.71. The smallest absolute Gasteiger partial charge is 0.161 e. The summed E-state index contributed by atoms with van der Waals surface area (Å²) in [5.41, 5.74) is 2.12. The van der Waals surface area contributed by atoms with Crippen molar-refractivity contribution in [3.63, 3.8) is 0 Å². The van der Waals surface area contributed by atoms with Gasteiger partial charge < -0.3 is 18.9 Å². The van der Waals surface area contributed by atoms with Gasteiger partial charge in [0.05, 0.1) is 25.9 Å². The molecule has 130 valence electrons. The molecule has 4 nitrogen and oxygen atoms in total. The van der Waals surface area contributed by atoms with Crippen LogP contribution in [-0.4, -0.2) is 26.4 Å². The SMILES string of the molecule is C#CCOC(CC1CO1)c1ccc(OCc2ccccc2)c(OC)c1. The van der Waals surface area contributed by atoms with Crippen LogP contribution in [0.4, 0.5) is 0 Å². The molecule has 1 aliphatic heterocycles. The van der Waals surface area contributed by atoms with Crippen molar-refractivity contribution in [2.45, 2.75) is 25.2 Å². The van der Waals surface area contributed by atoms with Crippen LogP contribution in [0.25, 0.3) is 0 Å². The fourth-order valence-corrected chi connectivity index (χ4v) is 2.63. The van der Waals surface area contributed by atoms with Crippen LogP contribution in [0.3, 0.4) is 0 Å². The highest BCUT2D eigenvalue weighted by atomic mass is 16.6. The van der Waals surface area contributed by atoms with Crippen molar-refractivity contribution in [1.29, 1.82) is 0 Å². The van der Waals surface area contributed by atoms with Crippen molar-refractivity contribution in [2.75, 3.05) is 20.3 Å². The number of rotatable bonds is 9. The quantitative estimate of drug-likeness (QED) is 0.516. The van der Waals surface area contributed by atoms with E-state index in [2.05, 4.69) is 5.92 Å². The van der Waals surface area contributed by atoms with Crippen LogP contribution in [0.5, 0.6) is 11.5 Å². The standard InChI is InChI=1S/C21H22O4/c1-3-11-23-20(13-18-15-24-18)17-9-10-19(21(12-17)22-2)25-14-16-7-5-4-6-8-16/h1,4-10,12,18,20H,11,13-15H2,2H3. The molecule has 3 rings (SSSR count). The predicted molar refractivity (Wildman–Crippen MR) is 95.7 cm³/mol. The van der Waals surface area contributed by atoms with Crippen LogP contribution in [0.2, 0.25) is 0 Å². The zero-order valence-electron chi connectivity index (χ0n) is 14.3. The number of benzene rings is 2. The molecule has 0 N–H and O–H groups in total. The Hall–Kier alpha value is -2.48. The average molecular weight is 338 g/mol. The summed E-state index contributed by atoms with van der Waals surface area (Å²) < 4.78 is 22.5. The lowest BCUT2D eigenvalue weighted by Gasteiger charge is -2.18. The number of hydrogen-bond acceptors (Lipinski definition) is 4. The fraction of sp³-hybridized carbons (Fsp3) is 0.333. The van der Waals surface area contributed by atoms with E-state index >= 15 is 0 Å². The number of terminal acetylenes is 1. The Bertz CT molecular complexity index is 716. The van der Waals surface area contributed by atoms with Crippen LogP contribution in [0.1, 0.15) is 23.7 Å². The average Bonchev–Trinajstić information content (AvgIpc) is 3.48. The third-order valence-corrected chi connectivity index (χ3v) is 4.04. The Morgan fingerprint density at radius 2 is 2.00 bits per heavy atom. The first kappa shape index (κ1) is 17.3. The molecule has 25 heavy (non-hydrogen) atoms. The molecule has 0 radical (unpaired) electrons. The van der Waals surface area contributed by atoms with E-state index in [1.165, 1.54) is 0 Å².